The summed E-state index contributed by atoms with van der Waals surface area (Å²) in [5.41, 5.74) is 0.328. The van der Waals surface area contributed by atoms with Crippen LogP contribution in [0.15, 0.2) is 0 Å². The van der Waals surface area contributed by atoms with Gasteiger partial charge in [0.1, 0.15) is 0 Å². The highest BCUT2D eigenvalue weighted by Gasteiger charge is 2.38. The predicted molar refractivity (Wildman–Crippen MR) is 107 cm³/mol. The van der Waals surface area contributed by atoms with Crippen molar-refractivity contribution in [3.8, 4) is 0 Å². The average molecular weight is 358 g/mol. The van der Waals surface area contributed by atoms with Crippen LogP contribution in [0.5, 0.6) is 0 Å². The molecular formula is C20H43NO2Si. The molecule has 1 N–H and O–H groups in total. The van der Waals surface area contributed by atoms with Gasteiger partial charge in [0.15, 0.2) is 8.32 Å². The summed E-state index contributed by atoms with van der Waals surface area (Å²) in [6.45, 7) is 19.2. The van der Waals surface area contributed by atoms with Gasteiger partial charge < -0.3 is 14.5 Å². The van der Waals surface area contributed by atoms with Gasteiger partial charge in [0, 0.05) is 23.8 Å². The molecule has 1 aliphatic rings. The Balaban J connectivity index is 2.33. The summed E-state index contributed by atoms with van der Waals surface area (Å²) in [5, 5.41) is 3.72. The second kappa shape index (κ2) is 9.16. The molecular weight excluding hydrogens is 314 g/mol. The van der Waals surface area contributed by atoms with E-state index in [1.807, 2.05) is 0 Å². The van der Waals surface area contributed by atoms with Gasteiger partial charge in [-0.3, -0.25) is 0 Å². The first-order valence-corrected chi connectivity index (χ1v) is 13.2. The Kier molecular flexibility index (Phi) is 8.45. The van der Waals surface area contributed by atoms with E-state index in [0.717, 1.165) is 38.7 Å². The second-order valence-electron chi connectivity index (χ2n) is 9.59. The van der Waals surface area contributed by atoms with Gasteiger partial charge >= 0.3 is 0 Å². The Labute approximate surface area is 152 Å². The van der Waals surface area contributed by atoms with Gasteiger partial charge in [-0.05, 0) is 78.9 Å². The molecule has 3 nitrogen and oxygen atoms in total. The van der Waals surface area contributed by atoms with Gasteiger partial charge in [-0.2, -0.15) is 0 Å². The fourth-order valence-corrected chi connectivity index (χ4v) is 6.87. The Morgan fingerprint density at radius 2 is 1.67 bits per heavy atom. The Hall–Kier alpha value is 0.0969. The highest BCUT2D eigenvalue weighted by atomic mass is 28.4. The van der Waals surface area contributed by atoms with Gasteiger partial charge in [0.05, 0.1) is 6.10 Å². The molecule has 4 heteroatoms. The maximum Gasteiger partial charge on any atom is 0.187 e. The molecule has 1 atom stereocenters. The monoisotopic (exact) mass is 357 g/mol. The summed E-state index contributed by atoms with van der Waals surface area (Å²) in [6.07, 6.45) is 7.59. The first-order chi connectivity index (χ1) is 11.0. The standard InChI is InChI=1S/C20H43NO2Si/c1-9-14-24(7,8)23-17(10-2)12-11-13-22-18-15-19(3,4)21-20(5,6)16-18/h17-18,21H,9-16H2,1-8H3. The van der Waals surface area contributed by atoms with Crippen LogP contribution in [0.2, 0.25) is 19.1 Å². The van der Waals surface area contributed by atoms with Gasteiger partial charge in [-0.25, -0.2) is 0 Å². The molecule has 0 spiro atoms. The normalized spacial score (nSPS) is 22.5. The zero-order valence-electron chi connectivity index (χ0n) is 17.6. The van der Waals surface area contributed by atoms with Crippen molar-refractivity contribution in [1.82, 2.24) is 5.32 Å². The molecule has 24 heavy (non-hydrogen) atoms. The van der Waals surface area contributed by atoms with Crippen molar-refractivity contribution in [2.75, 3.05) is 6.61 Å². The molecule has 1 rings (SSSR count). The minimum absolute atomic E-state index is 0.164. The summed E-state index contributed by atoms with van der Waals surface area (Å²) in [5.74, 6) is 0. The van der Waals surface area contributed by atoms with Crippen molar-refractivity contribution in [1.29, 1.82) is 0 Å². The molecule has 0 radical (unpaired) electrons. The van der Waals surface area contributed by atoms with Crippen molar-refractivity contribution in [2.45, 2.75) is 122 Å². The number of nitrogens with one attached hydrogen (secondary N) is 1. The van der Waals surface area contributed by atoms with Crippen LogP contribution in [-0.4, -0.2) is 38.2 Å². The second-order valence-corrected chi connectivity index (χ2v) is 13.8. The van der Waals surface area contributed by atoms with E-state index >= 15 is 0 Å². The highest BCUT2D eigenvalue weighted by molar-refractivity contribution is 6.71. The van der Waals surface area contributed by atoms with Gasteiger partial charge in [0.2, 0.25) is 0 Å². The number of hydrogen-bond donors (Lipinski definition) is 1. The van der Waals surface area contributed by atoms with E-state index in [4.69, 9.17) is 9.16 Å². The van der Waals surface area contributed by atoms with Crippen molar-refractivity contribution < 1.29 is 9.16 Å². The minimum atomic E-state index is -1.47. The molecule has 0 amide bonds. The van der Waals surface area contributed by atoms with Crippen LogP contribution in [-0.2, 0) is 9.16 Å². The summed E-state index contributed by atoms with van der Waals surface area (Å²) in [6, 6.07) is 1.26. The van der Waals surface area contributed by atoms with Gasteiger partial charge in [0.25, 0.3) is 0 Å². The summed E-state index contributed by atoms with van der Waals surface area (Å²) >= 11 is 0. The first-order valence-electron chi connectivity index (χ1n) is 10.1. The number of hydrogen-bond acceptors (Lipinski definition) is 3. The van der Waals surface area contributed by atoms with Crippen molar-refractivity contribution in [3.05, 3.63) is 0 Å². The molecule has 0 aliphatic carbocycles. The summed E-state index contributed by atoms with van der Waals surface area (Å²) in [4.78, 5) is 0. The lowest BCUT2D eigenvalue weighted by Crippen LogP contribution is -2.59. The average Bonchev–Trinajstić information content (AvgIpc) is 2.38. The van der Waals surface area contributed by atoms with E-state index in [1.165, 1.54) is 12.5 Å². The first kappa shape index (κ1) is 22.1. The van der Waals surface area contributed by atoms with E-state index in [0.29, 0.717) is 12.2 Å². The Bertz CT molecular complexity index is 353. The summed E-state index contributed by atoms with van der Waals surface area (Å²) < 4.78 is 12.7. The largest absolute Gasteiger partial charge is 0.414 e. The third kappa shape index (κ3) is 8.46. The predicted octanol–water partition coefficient (Wildman–Crippen LogP) is 5.50. The SMILES string of the molecule is CCC[Si](C)(C)OC(CC)CCCOC1CC(C)(C)NC(C)(C)C1. The third-order valence-corrected chi connectivity index (χ3v) is 7.65. The lowest BCUT2D eigenvalue weighted by molar-refractivity contribution is -0.0249. The maximum absolute atomic E-state index is 6.46. The molecule has 0 aromatic heterocycles. The van der Waals surface area contributed by atoms with E-state index in [1.54, 1.807) is 0 Å². The topological polar surface area (TPSA) is 30.5 Å². The van der Waals surface area contributed by atoms with Crippen LogP contribution in [0, 0.1) is 0 Å². The molecule has 0 saturated carbocycles. The fourth-order valence-electron chi connectivity index (χ4n) is 4.37. The molecule has 0 aromatic rings. The number of piperidine rings is 1. The van der Waals surface area contributed by atoms with E-state index < -0.39 is 8.32 Å². The highest BCUT2D eigenvalue weighted by Crippen LogP contribution is 2.30. The zero-order chi connectivity index (χ0) is 18.4. The minimum Gasteiger partial charge on any atom is -0.414 e. The number of rotatable bonds is 10. The molecule has 1 saturated heterocycles. The van der Waals surface area contributed by atoms with Crippen LogP contribution in [0.4, 0.5) is 0 Å². The van der Waals surface area contributed by atoms with Crippen LogP contribution >= 0.6 is 0 Å². The van der Waals surface area contributed by atoms with E-state index in [-0.39, 0.29) is 11.1 Å². The fraction of sp³-hybridized carbons (Fsp3) is 1.00. The van der Waals surface area contributed by atoms with Gasteiger partial charge in [-0.1, -0.05) is 20.3 Å². The molecule has 1 heterocycles. The third-order valence-electron chi connectivity index (χ3n) is 4.97. The lowest BCUT2D eigenvalue weighted by Gasteiger charge is -2.46. The smallest absolute Gasteiger partial charge is 0.187 e. The van der Waals surface area contributed by atoms with Crippen LogP contribution in [0.25, 0.3) is 0 Å². The lowest BCUT2D eigenvalue weighted by atomic mass is 9.81. The van der Waals surface area contributed by atoms with Gasteiger partial charge in [-0.15, -0.1) is 0 Å². The Morgan fingerprint density at radius 1 is 1.08 bits per heavy atom. The van der Waals surface area contributed by atoms with Crippen LogP contribution < -0.4 is 5.32 Å². The zero-order valence-corrected chi connectivity index (χ0v) is 18.6. The molecule has 144 valence electrons. The molecule has 0 bridgehead atoms. The van der Waals surface area contributed by atoms with Crippen molar-refractivity contribution in [2.24, 2.45) is 0 Å². The van der Waals surface area contributed by atoms with Crippen LogP contribution in [0.1, 0.15) is 80.1 Å². The quantitative estimate of drug-likeness (QED) is 0.413. The van der Waals surface area contributed by atoms with Crippen molar-refractivity contribution in [3.63, 3.8) is 0 Å². The van der Waals surface area contributed by atoms with E-state index in [9.17, 15) is 0 Å². The summed E-state index contributed by atoms with van der Waals surface area (Å²) in [7, 11) is -1.47. The molecule has 1 aliphatic heterocycles. The Morgan fingerprint density at radius 3 is 2.17 bits per heavy atom. The molecule has 1 unspecified atom stereocenters. The molecule has 1 fully saturated rings. The number of ether oxygens (including phenoxy) is 1. The molecule has 0 aromatic carbocycles. The van der Waals surface area contributed by atoms with Crippen molar-refractivity contribution >= 4 is 8.32 Å². The van der Waals surface area contributed by atoms with Crippen LogP contribution in [0.3, 0.4) is 0 Å². The maximum atomic E-state index is 6.46. The van der Waals surface area contributed by atoms with E-state index in [2.05, 4.69) is 60.0 Å².